The maximum absolute atomic E-state index is 9.38. The summed E-state index contributed by atoms with van der Waals surface area (Å²) in [4.78, 5) is 0. The maximum atomic E-state index is 9.38. The zero-order valence-electron chi connectivity index (χ0n) is 31.1. The van der Waals surface area contributed by atoms with Crippen molar-refractivity contribution in [3.63, 3.8) is 0 Å². The number of allylic oxidation sites excluding steroid dienone is 2. The first-order valence-corrected chi connectivity index (χ1v) is 16.4. The monoisotopic (exact) mass is 875 g/mol. The molecule has 1 atom stereocenters. The number of benzene rings is 3. The Morgan fingerprint density at radius 2 is 1.31 bits per heavy atom. The fourth-order valence-corrected chi connectivity index (χ4v) is 6.74. The molecule has 8 heteroatoms. The van der Waals surface area contributed by atoms with Crippen molar-refractivity contribution in [3.8, 4) is 11.5 Å². The van der Waals surface area contributed by atoms with Gasteiger partial charge in [0.25, 0.3) is 0 Å². The van der Waals surface area contributed by atoms with Gasteiger partial charge < -0.3 is 25.8 Å². The number of hydrogen-bond acceptors (Lipinski definition) is 4. The van der Waals surface area contributed by atoms with E-state index in [1.807, 2.05) is 19.1 Å². The van der Waals surface area contributed by atoms with E-state index in [2.05, 4.69) is 122 Å². The minimum atomic E-state index is -0.00590. The number of anilines is 2. The number of aromatic hydroxyl groups is 1. The van der Waals surface area contributed by atoms with E-state index < -0.39 is 0 Å². The third-order valence-electron chi connectivity index (χ3n) is 8.48. The van der Waals surface area contributed by atoms with Gasteiger partial charge in [0.15, 0.2) is 0 Å². The van der Waals surface area contributed by atoms with Crippen LogP contribution >= 0.6 is 0 Å². The summed E-state index contributed by atoms with van der Waals surface area (Å²) in [6.07, 6.45) is 6.70. The van der Waals surface area contributed by atoms with Gasteiger partial charge in [-0.15, -0.1) is 11.2 Å². The Kier molecular flexibility index (Phi) is 17.8. The number of aryl methyl sites for hydroxylation is 1. The smallest absolute Gasteiger partial charge is 0.120 e. The van der Waals surface area contributed by atoms with Crippen LogP contribution in [0.25, 0.3) is 16.5 Å². The molecular weight excluding hydrogens is 821 g/mol. The molecule has 251 valence electrons. The van der Waals surface area contributed by atoms with Gasteiger partial charge in [0, 0.05) is 121 Å². The molecule has 3 aromatic rings. The molecule has 3 aliphatic heterocycles. The minimum absolute atomic E-state index is 0. The van der Waals surface area contributed by atoms with Crippen LogP contribution in [0.15, 0.2) is 66.7 Å². The predicted molar refractivity (Wildman–Crippen MR) is 194 cm³/mol. The molecule has 3 aromatic carbocycles. The molecule has 0 aliphatic carbocycles. The van der Waals surface area contributed by atoms with E-state index in [4.69, 9.17) is 10.1 Å². The topological polar surface area (TPSA) is 67.6 Å². The van der Waals surface area contributed by atoms with Crippen molar-refractivity contribution in [2.45, 2.75) is 112 Å². The molecule has 0 amide bonds. The summed E-state index contributed by atoms with van der Waals surface area (Å²) in [7, 11) is 0. The van der Waals surface area contributed by atoms with E-state index in [0.29, 0.717) is 18.3 Å². The predicted octanol–water partition coefficient (Wildman–Crippen LogP) is 11.2. The molecule has 0 saturated carbocycles. The Bertz CT molecular complexity index is 1590. The van der Waals surface area contributed by atoms with Gasteiger partial charge in [-0.2, -0.15) is 0 Å². The van der Waals surface area contributed by atoms with E-state index in [1.54, 1.807) is 12.1 Å². The third kappa shape index (κ3) is 12.3. The van der Waals surface area contributed by atoms with Crippen molar-refractivity contribution in [1.82, 2.24) is 0 Å². The first-order valence-electron chi connectivity index (χ1n) is 16.4. The summed E-state index contributed by atoms with van der Waals surface area (Å²) in [5.41, 5.74) is 11.3. The SMILES string of the molecule is CC1=CC(C)(C)Nc2ccc(O)cc21.CCOc1ccc2c(c1)C(C)=CC(C)(C)N2.CCc1ccc2c(c1)C(C)CC(C)(C)[N-]2.[Y].[Y].[Y]. The van der Waals surface area contributed by atoms with E-state index in [1.165, 1.54) is 39.2 Å². The van der Waals surface area contributed by atoms with E-state index >= 15 is 0 Å². The van der Waals surface area contributed by atoms with Gasteiger partial charge in [0.1, 0.15) is 11.5 Å². The van der Waals surface area contributed by atoms with Gasteiger partial charge in [0.2, 0.25) is 0 Å². The van der Waals surface area contributed by atoms with Gasteiger partial charge in [-0.05, 0) is 114 Å². The standard InChI is InChI=1S/C14H19NO.C14H20N.C12H15NO.3Y/c1-5-16-11-6-7-13-12(8-11)10(2)9-14(3,4)15-13;1-5-11-6-7-13-12(8-11)10(2)9-14(3,4)15-13;1-8-7-12(2,3)13-11-5-4-9(14)6-10(8)11;;;/h6-9,15H,5H2,1-4H3;6-8,10H,5,9H2,1-4H3;4-7,13-14H,1-3H3;;;/q;-1;;;;. The Hall–Kier alpha value is -0.548. The molecular formula is C40H54N3O2Y3-. The third-order valence-corrected chi connectivity index (χ3v) is 8.48. The number of rotatable bonds is 3. The van der Waals surface area contributed by atoms with Crippen molar-refractivity contribution in [2.24, 2.45) is 0 Å². The molecule has 0 saturated heterocycles. The summed E-state index contributed by atoms with van der Waals surface area (Å²) in [5, 5.41) is 21.1. The number of nitrogens with one attached hydrogen (secondary N) is 2. The summed E-state index contributed by atoms with van der Waals surface area (Å²) in [5.74, 6) is 1.90. The number of phenolic OH excluding ortho intramolecular Hbond substituents is 1. The van der Waals surface area contributed by atoms with Crippen LogP contribution in [0.5, 0.6) is 11.5 Å². The fourth-order valence-electron chi connectivity index (χ4n) is 6.74. The fraction of sp³-hybridized carbons (Fsp3) is 0.450. The minimum Gasteiger partial charge on any atom is -0.679 e. The second kappa shape index (κ2) is 18.8. The zero-order chi connectivity index (χ0) is 33.2. The van der Waals surface area contributed by atoms with Crippen molar-refractivity contribution in [2.75, 3.05) is 17.2 Å². The maximum Gasteiger partial charge on any atom is 0.120 e. The molecule has 6 rings (SSSR count). The van der Waals surface area contributed by atoms with Gasteiger partial charge >= 0.3 is 0 Å². The molecule has 0 aromatic heterocycles. The Morgan fingerprint density at radius 3 is 1.85 bits per heavy atom. The molecule has 5 nitrogen and oxygen atoms in total. The molecule has 3 heterocycles. The van der Waals surface area contributed by atoms with Crippen LogP contribution in [0.4, 0.5) is 17.1 Å². The Labute approximate surface area is 366 Å². The van der Waals surface area contributed by atoms with Crippen molar-refractivity contribution in [3.05, 3.63) is 94.3 Å². The quantitative estimate of drug-likeness (QED) is 0.229. The molecule has 48 heavy (non-hydrogen) atoms. The molecule has 3 aliphatic rings. The van der Waals surface area contributed by atoms with Crippen LogP contribution in [-0.2, 0) is 105 Å². The average molecular weight is 876 g/mol. The normalized spacial score (nSPS) is 18.2. The molecule has 3 radical (unpaired) electrons. The van der Waals surface area contributed by atoms with E-state index in [-0.39, 0.29) is 115 Å². The molecule has 3 N–H and O–H groups in total. The summed E-state index contributed by atoms with van der Waals surface area (Å²) < 4.78 is 5.52. The van der Waals surface area contributed by atoms with Crippen LogP contribution in [0.2, 0.25) is 0 Å². The number of ether oxygens (including phenoxy) is 1. The first kappa shape index (κ1) is 45.5. The van der Waals surface area contributed by atoms with Crippen LogP contribution < -0.4 is 15.4 Å². The van der Waals surface area contributed by atoms with E-state index in [9.17, 15) is 5.11 Å². The van der Waals surface area contributed by atoms with Crippen LogP contribution in [-0.4, -0.2) is 28.3 Å². The van der Waals surface area contributed by atoms with Gasteiger partial charge in [-0.3, -0.25) is 0 Å². The van der Waals surface area contributed by atoms with Crippen molar-refractivity contribution in [1.29, 1.82) is 0 Å². The average Bonchev–Trinajstić information content (AvgIpc) is 2.93. The number of nitrogens with zero attached hydrogens (tertiary/aromatic N) is 1. The number of fused-ring (bicyclic) bond motifs is 3. The molecule has 1 unspecified atom stereocenters. The summed E-state index contributed by atoms with van der Waals surface area (Å²) >= 11 is 0. The molecule has 0 fully saturated rings. The first-order chi connectivity index (χ1) is 21.0. The van der Waals surface area contributed by atoms with Gasteiger partial charge in [-0.1, -0.05) is 70.0 Å². The van der Waals surface area contributed by atoms with Gasteiger partial charge in [-0.25, -0.2) is 0 Å². The molecule has 0 spiro atoms. The second-order valence-electron chi connectivity index (χ2n) is 14.5. The van der Waals surface area contributed by atoms with Crippen molar-refractivity contribution < 1.29 is 108 Å². The number of hydrogen-bond donors (Lipinski definition) is 3. The van der Waals surface area contributed by atoms with Crippen LogP contribution in [0, 0.1) is 0 Å². The summed E-state index contributed by atoms with van der Waals surface area (Å²) in [6, 6.07) is 18.4. The number of phenols is 1. The molecule has 0 bridgehead atoms. The van der Waals surface area contributed by atoms with Crippen LogP contribution in [0.1, 0.15) is 111 Å². The Morgan fingerprint density at radius 1 is 0.771 bits per heavy atom. The van der Waals surface area contributed by atoms with Crippen LogP contribution in [0.3, 0.4) is 0 Å². The Balaban J connectivity index is 0.000000350. The van der Waals surface area contributed by atoms with Gasteiger partial charge in [0.05, 0.1) is 17.7 Å². The summed E-state index contributed by atoms with van der Waals surface area (Å²) in [6.45, 7) is 24.5. The largest absolute Gasteiger partial charge is 0.679 e. The van der Waals surface area contributed by atoms with E-state index in [0.717, 1.165) is 29.8 Å². The van der Waals surface area contributed by atoms with Crippen molar-refractivity contribution >= 4 is 28.2 Å². The zero-order valence-corrected chi connectivity index (χ0v) is 39.6. The second-order valence-corrected chi connectivity index (χ2v) is 14.5.